The van der Waals surface area contributed by atoms with Gasteiger partial charge in [-0.15, -0.1) is 0 Å². The molecule has 0 atom stereocenters. The van der Waals surface area contributed by atoms with Crippen molar-refractivity contribution in [1.29, 1.82) is 0 Å². The number of hydrogen-bond acceptors (Lipinski definition) is 1. The van der Waals surface area contributed by atoms with Crippen LogP contribution < -0.4 is 0 Å². The van der Waals surface area contributed by atoms with Crippen LogP contribution in [0.2, 0.25) is 0 Å². The Morgan fingerprint density at radius 3 is 2.25 bits per heavy atom. The first-order valence-corrected chi connectivity index (χ1v) is 3.73. The normalized spacial score (nSPS) is 10.8. The van der Waals surface area contributed by atoms with Crippen molar-refractivity contribution in [2.24, 2.45) is 0 Å². The standard InChI is InChI=1S/C10H15NO/c1-6-7-8(2)9(3)11(5)10(4)12/h6-7H,1,3H2,2,4-5H3/b8-7-. The minimum absolute atomic E-state index is 0.0168. The van der Waals surface area contributed by atoms with Gasteiger partial charge in [-0.05, 0) is 12.5 Å². The Kier molecular flexibility index (Phi) is 4.05. The first-order chi connectivity index (χ1) is 5.50. The summed E-state index contributed by atoms with van der Waals surface area (Å²) in [5.74, 6) is -0.0168. The van der Waals surface area contributed by atoms with Crippen LogP contribution >= 0.6 is 0 Å². The van der Waals surface area contributed by atoms with E-state index in [9.17, 15) is 4.79 Å². The van der Waals surface area contributed by atoms with E-state index >= 15 is 0 Å². The van der Waals surface area contributed by atoms with Crippen LogP contribution in [0.5, 0.6) is 0 Å². The van der Waals surface area contributed by atoms with Gasteiger partial charge in [-0.25, -0.2) is 0 Å². The lowest BCUT2D eigenvalue weighted by atomic mass is 10.2. The van der Waals surface area contributed by atoms with E-state index in [0.29, 0.717) is 5.70 Å². The summed E-state index contributed by atoms with van der Waals surface area (Å²) in [4.78, 5) is 12.4. The van der Waals surface area contributed by atoms with Gasteiger partial charge in [0.05, 0.1) is 0 Å². The highest BCUT2D eigenvalue weighted by molar-refractivity contribution is 5.75. The van der Waals surface area contributed by atoms with Gasteiger partial charge in [-0.3, -0.25) is 4.79 Å². The maximum Gasteiger partial charge on any atom is 0.223 e. The predicted molar refractivity (Wildman–Crippen MR) is 51.5 cm³/mol. The van der Waals surface area contributed by atoms with Gasteiger partial charge in [0, 0.05) is 19.7 Å². The summed E-state index contributed by atoms with van der Waals surface area (Å²) in [6.45, 7) is 10.7. The summed E-state index contributed by atoms with van der Waals surface area (Å²) in [6, 6.07) is 0. The fraction of sp³-hybridized carbons (Fsp3) is 0.300. The summed E-state index contributed by atoms with van der Waals surface area (Å²) < 4.78 is 0. The molecule has 0 saturated heterocycles. The number of carbonyl (C=O) groups is 1. The average Bonchev–Trinajstić information content (AvgIpc) is 2.02. The van der Waals surface area contributed by atoms with E-state index in [2.05, 4.69) is 13.2 Å². The molecule has 0 heterocycles. The van der Waals surface area contributed by atoms with Crippen molar-refractivity contribution < 1.29 is 4.79 Å². The Balaban J connectivity index is 4.50. The van der Waals surface area contributed by atoms with Crippen LogP contribution in [0.1, 0.15) is 13.8 Å². The van der Waals surface area contributed by atoms with E-state index in [0.717, 1.165) is 5.57 Å². The molecule has 2 nitrogen and oxygen atoms in total. The van der Waals surface area contributed by atoms with Gasteiger partial charge in [-0.1, -0.05) is 25.3 Å². The monoisotopic (exact) mass is 165 g/mol. The number of nitrogens with zero attached hydrogens (tertiary/aromatic N) is 1. The number of allylic oxidation sites excluding steroid dienone is 3. The largest absolute Gasteiger partial charge is 0.316 e. The summed E-state index contributed by atoms with van der Waals surface area (Å²) in [5.41, 5.74) is 1.66. The second-order valence-electron chi connectivity index (χ2n) is 2.61. The van der Waals surface area contributed by atoms with Gasteiger partial charge < -0.3 is 4.90 Å². The SMILES string of the molecule is C=C/C=C(/C)C(=C)N(C)C(C)=O. The molecule has 0 aromatic carbocycles. The third-order valence-corrected chi connectivity index (χ3v) is 1.70. The second kappa shape index (κ2) is 4.54. The minimum Gasteiger partial charge on any atom is -0.316 e. The number of hydrogen-bond donors (Lipinski definition) is 0. The summed E-state index contributed by atoms with van der Waals surface area (Å²) >= 11 is 0. The van der Waals surface area contributed by atoms with E-state index in [1.54, 1.807) is 13.1 Å². The maximum atomic E-state index is 10.9. The van der Waals surface area contributed by atoms with E-state index in [4.69, 9.17) is 0 Å². The Labute approximate surface area is 73.9 Å². The zero-order valence-electron chi connectivity index (χ0n) is 7.92. The number of rotatable bonds is 3. The van der Waals surface area contributed by atoms with Crippen molar-refractivity contribution in [3.8, 4) is 0 Å². The predicted octanol–water partition coefficient (Wildman–Crippen LogP) is 2.11. The molecule has 2 heteroatoms. The van der Waals surface area contributed by atoms with Crippen molar-refractivity contribution in [3.05, 3.63) is 36.6 Å². The fourth-order valence-electron chi connectivity index (χ4n) is 0.728. The van der Waals surface area contributed by atoms with E-state index in [1.807, 2.05) is 13.0 Å². The van der Waals surface area contributed by atoms with Crippen molar-refractivity contribution >= 4 is 5.91 Å². The molecule has 12 heavy (non-hydrogen) atoms. The average molecular weight is 165 g/mol. The van der Waals surface area contributed by atoms with Crippen LogP contribution in [0.25, 0.3) is 0 Å². The molecule has 0 aliphatic heterocycles. The Morgan fingerprint density at radius 1 is 1.42 bits per heavy atom. The topological polar surface area (TPSA) is 20.3 Å². The Bertz CT molecular complexity index is 238. The highest BCUT2D eigenvalue weighted by Crippen LogP contribution is 2.10. The minimum atomic E-state index is -0.0168. The first kappa shape index (κ1) is 10.7. The van der Waals surface area contributed by atoms with Crippen LogP contribution in [0.3, 0.4) is 0 Å². The lowest BCUT2D eigenvalue weighted by molar-refractivity contribution is -0.125. The van der Waals surface area contributed by atoms with Crippen molar-refractivity contribution in [2.75, 3.05) is 7.05 Å². The summed E-state index contributed by atoms with van der Waals surface area (Å²) in [6.07, 6.45) is 3.50. The molecule has 0 aromatic heterocycles. The van der Waals surface area contributed by atoms with Gasteiger partial charge in [0.2, 0.25) is 5.91 Å². The van der Waals surface area contributed by atoms with E-state index in [1.165, 1.54) is 11.8 Å². The number of carbonyl (C=O) groups excluding carboxylic acids is 1. The Hall–Kier alpha value is -1.31. The van der Waals surface area contributed by atoms with Crippen LogP contribution in [-0.4, -0.2) is 17.9 Å². The van der Waals surface area contributed by atoms with Gasteiger partial charge >= 0.3 is 0 Å². The van der Waals surface area contributed by atoms with E-state index < -0.39 is 0 Å². The molecule has 66 valence electrons. The third kappa shape index (κ3) is 2.74. The van der Waals surface area contributed by atoms with Crippen molar-refractivity contribution in [3.63, 3.8) is 0 Å². The summed E-state index contributed by atoms with van der Waals surface area (Å²) in [7, 11) is 1.70. The highest BCUT2D eigenvalue weighted by atomic mass is 16.2. The Morgan fingerprint density at radius 2 is 1.92 bits per heavy atom. The smallest absolute Gasteiger partial charge is 0.223 e. The second-order valence-corrected chi connectivity index (χ2v) is 2.61. The molecule has 0 bridgehead atoms. The van der Waals surface area contributed by atoms with Crippen molar-refractivity contribution in [1.82, 2.24) is 4.90 Å². The molecular weight excluding hydrogens is 150 g/mol. The molecule has 0 aliphatic rings. The quantitative estimate of drug-likeness (QED) is 0.586. The third-order valence-electron chi connectivity index (χ3n) is 1.70. The maximum absolute atomic E-state index is 10.9. The van der Waals surface area contributed by atoms with Crippen LogP contribution in [0, 0.1) is 0 Å². The zero-order chi connectivity index (χ0) is 9.72. The molecule has 0 fully saturated rings. The lowest BCUT2D eigenvalue weighted by Crippen LogP contribution is -2.22. The van der Waals surface area contributed by atoms with Gasteiger partial charge in [-0.2, -0.15) is 0 Å². The molecule has 0 unspecified atom stereocenters. The molecule has 1 amide bonds. The molecule has 0 N–H and O–H groups in total. The zero-order valence-corrected chi connectivity index (χ0v) is 7.92. The summed E-state index contributed by atoms with van der Waals surface area (Å²) in [5, 5.41) is 0. The van der Waals surface area contributed by atoms with Gasteiger partial charge in [0.1, 0.15) is 0 Å². The first-order valence-electron chi connectivity index (χ1n) is 3.73. The number of likely N-dealkylation sites (N-methyl/N-ethyl adjacent to an activating group) is 1. The molecule has 0 aromatic rings. The lowest BCUT2D eigenvalue weighted by Gasteiger charge is -2.17. The highest BCUT2D eigenvalue weighted by Gasteiger charge is 2.06. The van der Waals surface area contributed by atoms with Crippen molar-refractivity contribution in [2.45, 2.75) is 13.8 Å². The van der Waals surface area contributed by atoms with Gasteiger partial charge in [0.25, 0.3) is 0 Å². The molecule has 0 radical (unpaired) electrons. The fourth-order valence-corrected chi connectivity index (χ4v) is 0.728. The molecule has 0 rings (SSSR count). The van der Waals surface area contributed by atoms with Crippen LogP contribution in [0.15, 0.2) is 36.6 Å². The molecule has 0 aliphatic carbocycles. The van der Waals surface area contributed by atoms with E-state index in [-0.39, 0.29) is 5.91 Å². The van der Waals surface area contributed by atoms with Gasteiger partial charge in [0.15, 0.2) is 0 Å². The van der Waals surface area contributed by atoms with Crippen LogP contribution in [0.4, 0.5) is 0 Å². The molecule has 0 saturated carbocycles. The molecular formula is C10H15NO. The van der Waals surface area contributed by atoms with Crippen LogP contribution in [-0.2, 0) is 4.79 Å². The molecule has 0 spiro atoms. The number of amides is 1.